The van der Waals surface area contributed by atoms with Crippen LogP contribution in [0.2, 0.25) is 4.34 Å². The van der Waals surface area contributed by atoms with Crippen LogP contribution in [0.4, 0.5) is 11.4 Å². The van der Waals surface area contributed by atoms with Crippen molar-refractivity contribution in [3.63, 3.8) is 0 Å². The van der Waals surface area contributed by atoms with Crippen molar-refractivity contribution in [1.29, 1.82) is 0 Å². The molecule has 4 rings (SSSR count). The van der Waals surface area contributed by atoms with Gasteiger partial charge in [-0.3, -0.25) is 14.6 Å². The van der Waals surface area contributed by atoms with Crippen molar-refractivity contribution in [3.05, 3.63) is 75.2 Å². The van der Waals surface area contributed by atoms with Crippen molar-refractivity contribution < 1.29 is 9.59 Å². The van der Waals surface area contributed by atoms with E-state index >= 15 is 0 Å². The lowest BCUT2D eigenvalue weighted by Crippen LogP contribution is -2.36. The van der Waals surface area contributed by atoms with E-state index in [1.54, 1.807) is 36.7 Å². The van der Waals surface area contributed by atoms with Crippen LogP contribution in [0.25, 0.3) is 0 Å². The molecule has 2 N–H and O–H groups in total. The number of carbonyl (C=O) groups is 2. The van der Waals surface area contributed by atoms with E-state index in [0.29, 0.717) is 20.5 Å². The molecule has 2 aromatic heterocycles. The van der Waals surface area contributed by atoms with E-state index < -0.39 is 6.04 Å². The quantitative estimate of drug-likeness (QED) is 0.529. The summed E-state index contributed by atoms with van der Waals surface area (Å²) in [6.07, 6.45) is 4.33. The number of aryl methyl sites for hydroxylation is 1. The van der Waals surface area contributed by atoms with Crippen LogP contribution in [-0.2, 0) is 4.79 Å². The van der Waals surface area contributed by atoms with Crippen molar-refractivity contribution in [1.82, 2.24) is 15.2 Å². The largest absolute Gasteiger partial charge is 0.370 e. The summed E-state index contributed by atoms with van der Waals surface area (Å²) in [5, 5.41) is 5.78. The van der Waals surface area contributed by atoms with Crippen LogP contribution >= 0.6 is 22.9 Å². The average molecular weight is 498 g/mol. The topological polar surface area (TPSA) is 77.6 Å². The molecule has 1 aromatic carbocycles. The summed E-state index contributed by atoms with van der Waals surface area (Å²) in [6, 6.07) is 11.9. The first-order valence-corrected chi connectivity index (χ1v) is 12.4. The molecule has 0 spiro atoms. The molecule has 0 saturated carbocycles. The van der Waals surface area contributed by atoms with E-state index in [9.17, 15) is 9.59 Å². The molecular formula is C25H28ClN5O2S. The van der Waals surface area contributed by atoms with Crippen LogP contribution < -0.4 is 15.5 Å². The second-order valence-electron chi connectivity index (χ2n) is 8.43. The Morgan fingerprint density at radius 2 is 1.97 bits per heavy atom. The molecule has 1 unspecified atom stereocenters. The fourth-order valence-corrected chi connectivity index (χ4v) is 5.02. The number of nitrogens with zero attached hydrogens (tertiary/aromatic N) is 3. The maximum atomic E-state index is 13.3. The van der Waals surface area contributed by atoms with Gasteiger partial charge in [-0.2, -0.15) is 0 Å². The molecule has 0 radical (unpaired) electrons. The monoisotopic (exact) mass is 497 g/mol. The summed E-state index contributed by atoms with van der Waals surface area (Å²) in [7, 11) is 2.15. The fraction of sp³-hybridized carbons (Fsp3) is 0.320. The number of hydrogen-bond acceptors (Lipinski definition) is 6. The molecule has 0 bridgehead atoms. The number of likely N-dealkylation sites (N-methyl/N-ethyl adjacent to an activating group) is 1. The third-order valence-corrected chi connectivity index (χ3v) is 7.11. The Morgan fingerprint density at radius 1 is 1.12 bits per heavy atom. The van der Waals surface area contributed by atoms with Gasteiger partial charge >= 0.3 is 0 Å². The van der Waals surface area contributed by atoms with Gasteiger partial charge in [0.05, 0.1) is 9.21 Å². The smallest absolute Gasteiger partial charge is 0.262 e. The first kappa shape index (κ1) is 24.2. The van der Waals surface area contributed by atoms with Gasteiger partial charge in [0.1, 0.15) is 6.04 Å². The van der Waals surface area contributed by atoms with Crippen LogP contribution in [0, 0.1) is 6.92 Å². The summed E-state index contributed by atoms with van der Waals surface area (Å²) in [6.45, 7) is 6.17. The lowest BCUT2D eigenvalue weighted by atomic mass is 10.1. The fourth-order valence-electron chi connectivity index (χ4n) is 4.08. The van der Waals surface area contributed by atoms with Gasteiger partial charge in [0.25, 0.3) is 11.8 Å². The normalized spacial score (nSPS) is 15.4. The second kappa shape index (κ2) is 11.0. The number of carbonyl (C=O) groups excluding carboxylic acids is 2. The molecule has 7 nitrogen and oxygen atoms in total. The SMILES string of the molecule is Cc1cc(NC(=O)C(NC(=O)c2ccc(Cl)s2)c2cccnc2)ccc1N1CCCN(C)CC1. The van der Waals surface area contributed by atoms with Crippen LogP contribution in [0.5, 0.6) is 0 Å². The maximum absolute atomic E-state index is 13.3. The highest BCUT2D eigenvalue weighted by molar-refractivity contribution is 7.18. The molecule has 1 aliphatic heterocycles. The molecule has 9 heteroatoms. The van der Waals surface area contributed by atoms with Crippen LogP contribution in [-0.4, -0.2) is 54.9 Å². The first-order chi connectivity index (χ1) is 16.4. The van der Waals surface area contributed by atoms with Gasteiger partial charge in [-0.15, -0.1) is 11.3 Å². The molecule has 178 valence electrons. The van der Waals surface area contributed by atoms with Crippen LogP contribution in [0.15, 0.2) is 54.9 Å². The van der Waals surface area contributed by atoms with Gasteiger partial charge in [-0.25, -0.2) is 0 Å². The summed E-state index contributed by atoms with van der Waals surface area (Å²) < 4.78 is 0.513. The molecule has 3 aromatic rings. The van der Waals surface area contributed by atoms with E-state index in [0.717, 1.165) is 38.2 Å². The van der Waals surface area contributed by atoms with E-state index in [1.807, 2.05) is 12.1 Å². The van der Waals surface area contributed by atoms with E-state index in [-0.39, 0.29) is 11.8 Å². The minimum atomic E-state index is -0.900. The van der Waals surface area contributed by atoms with Crippen molar-refractivity contribution in [2.24, 2.45) is 0 Å². The molecule has 1 saturated heterocycles. The Hall–Kier alpha value is -2.94. The number of pyridine rings is 1. The van der Waals surface area contributed by atoms with Crippen molar-refractivity contribution in [2.75, 3.05) is 43.4 Å². The Morgan fingerprint density at radius 3 is 2.68 bits per heavy atom. The predicted octanol–water partition coefficient (Wildman–Crippen LogP) is 4.36. The summed E-state index contributed by atoms with van der Waals surface area (Å²) in [4.78, 5) is 35.3. The molecule has 2 amide bonds. The molecule has 0 aliphatic carbocycles. The lowest BCUT2D eigenvalue weighted by molar-refractivity contribution is -0.118. The standard InChI is InChI=1S/C25H28ClN5O2S/c1-17-15-19(6-7-20(17)31-12-4-11-30(2)13-14-31)28-25(33)23(18-5-3-10-27-16-18)29-24(32)21-8-9-22(26)34-21/h3,5-10,15-16,23H,4,11-14H2,1-2H3,(H,28,33)(H,29,32). The van der Waals surface area contributed by atoms with Gasteiger partial charge in [0, 0.05) is 49.0 Å². The van der Waals surface area contributed by atoms with E-state index in [2.05, 4.69) is 45.5 Å². The molecule has 3 heterocycles. The summed E-state index contributed by atoms with van der Waals surface area (Å²) >= 11 is 7.14. The number of amides is 2. The number of rotatable bonds is 6. The number of nitrogens with one attached hydrogen (secondary N) is 2. The van der Waals surface area contributed by atoms with E-state index in [1.165, 1.54) is 17.0 Å². The zero-order valence-electron chi connectivity index (χ0n) is 19.3. The number of thiophene rings is 1. The zero-order chi connectivity index (χ0) is 24.1. The predicted molar refractivity (Wildman–Crippen MR) is 138 cm³/mol. The minimum Gasteiger partial charge on any atom is -0.370 e. The highest BCUT2D eigenvalue weighted by Gasteiger charge is 2.25. The van der Waals surface area contributed by atoms with Crippen molar-refractivity contribution in [2.45, 2.75) is 19.4 Å². The number of benzene rings is 1. The van der Waals surface area contributed by atoms with Gasteiger partial charge < -0.3 is 20.4 Å². The number of anilines is 2. The van der Waals surface area contributed by atoms with Gasteiger partial charge in [-0.1, -0.05) is 17.7 Å². The van der Waals surface area contributed by atoms with Gasteiger partial charge in [0.2, 0.25) is 0 Å². The molecular weight excluding hydrogens is 470 g/mol. The van der Waals surface area contributed by atoms with Crippen molar-refractivity contribution >= 4 is 46.1 Å². The summed E-state index contributed by atoms with van der Waals surface area (Å²) in [5.41, 5.74) is 3.55. The number of aromatic nitrogens is 1. The Balaban J connectivity index is 1.50. The first-order valence-electron chi connectivity index (χ1n) is 11.2. The third kappa shape index (κ3) is 5.94. The lowest BCUT2D eigenvalue weighted by Gasteiger charge is -2.25. The summed E-state index contributed by atoms with van der Waals surface area (Å²) in [5.74, 6) is -0.703. The van der Waals surface area contributed by atoms with Crippen molar-refractivity contribution in [3.8, 4) is 0 Å². The third-order valence-electron chi connectivity index (χ3n) is 5.88. The maximum Gasteiger partial charge on any atom is 0.262 e. The van der Waals surface area contributed by atoms with E-state index in [4.69, 9.17) is 11.6 Å². The molecule has 1 fully saturated rings. The molecule has 1 aliphatic rings. The zero-order valence-corrected chi connectivity index (χ0v) is 20.8. The number of halogens is 1. The van der Waals surface area contributed by atoms with Gasteiger partial charge in [0.15, 0.2) is 0 Å². The van der Waals surface area contributed by atoms with Crippen LogP contribution in [0.3, 0.4) is 0 Å². The molecule has 34 heavy (non-hydrogen) atoms. The highest BCUT2D eigenvalue weighted by atomic mass is 35.5. The number of hydrogen-bond donors (Lipinski definition) is 2. The van der Waals surface area contributed by atoms with Crippen LogP contribution in [0.1, 0.15) is 33.3 Å². The second-order valence-corrected chi connectivity index (χ2v) is 10.1. The van der Waals surface area contributed by atoms with Gasteiger partial charge in [-0.05, 0) is 68.9 Å². The highest BCUT2D eigenvalue weighted by Crippen LogP contribution is 2.26. The minimum absolute atomic E-state index is 0.340. The molecule has 1 atom stereocenters. The Labute approximate surface area is 208 Å². The average Bonchev–Trinajstić information content (AvgIpc) is 3.15. The Kier molecular flexibility index (Phi) is 7.82. The Bertz CT molecular complexity index is 1150.